The second-order valence-electron chi connectivity index (χ2n) is 8.52. The van der Waals surface area contributed by atoms with Crippen molar-refractivity contribution < 1.29 is 17.7 Å². The molecule has 31 heavy (non-hydrogen) atoms. The van der Waals surface area contributed by atoms with Crippen molar-refractivity contribution in [2.45, 2.75) is 58.4 Å². The molecule has 1 aromatic carbocycles. The number of hydrogen-bond acceptors (Lipinski definition) is 5. The van der Waals surface area contributed by atoms with Crippen LogP contribution in [0.15, 0.2) is 27.6 Å². The van der Waals surface area contributed by atoms with Crippen LogP contribution in [-0.2, 0) is 14.8 Å². The number of benzene rings is 1. The van der Waals surface area contributed by atoms with Gasteiger partial charge in [-0.1, -0.05) is 35.0 Å². The Balaban J connectivity index is 1.88. The third kappa shape index (κ3) is 5.25. The van der Waals surface area contributed by atoms with Gasteiger partial charge in [0.15, 0.2) is 10.7 Å². The van der Waals surface area contributed by atoms with Crippen LogP contribution in [-0.4, -0.2) is 42.9 Å². The maximum Gasteiger partial charge on any atom is 0.248 e. The lowest BCUT2D eigenvalue weighted by atomic mass is 9.98. The zero-order valence-electron chi connectivity index (χ0n) is 18.8. The van der Waals surface area contributed by atoms with Gasteiger partial charge >= 0.3 is 0 Å². The highest BCUT2D eigenvalue weighted by atomic mass is 32.2. The SMILES string of the molecule is Cc1ccc(C)c(/C=C/c2onc(C)c2S(=O)(=O)N2CCC[C@H](C(=O)NC(C)C)C2)c1. The van der Waals surface area contributed by atoms with Gasteiger partial charge in [-0.05, 0) is 64.7 Å². The van der Waals surface area contributed by atoms with E-state index in [1.54, 1.807) is 13.0 Å². The first-order chi connectivity index (χ1) is 14.6. The summed E-state index contributed by atoms with van der Waals surface area (Å²) in [6, 6.07) is 6.10. The molecule has 1 amide bonds. The minimum Gasteiger partial charge on any atom is -0.355 e. The predicted molar refractivity (Wildman–Crippen MR) is 121 cm³/mol. The summed E-state index contributed by atoms with van der Waals surface area (Å²) in [7, 11) is -3.85. The summed E-state index contributed by atoms with van der Waals surface area (Å²) in [5.41, 5.74) is 3.50. The number of carbonyl (C=O) groups excluding carboxylic acids is 1. The molecule has 1 saturated heterocycles. The van der Waals surface area contributed by atoms with Gasteiger partial charge in [0.25, 0.3) is 0 Å². The Morgan fingerprint density at radius 3 is 2.71 bits per heavy atom. The number of nitrogens with one attached hydrogen (secondary N) is 1. The molecule has 0 spiro atoms. The van der Waals surface area contributed by atoms with Crippen molar-refractivity contribution in [3.8, 4) is 0 Å². The molecule has 0 radical (unpaired) electrons. The molecule has 168 valence electrons. The molecule has 0 unspecified atom stereocenters. The Labute approximate surface area is 184 Å². The summed E-state index contributed by atoms with van der Waals surface area (Å²) in [5.74, 6) is -0.265. The topological polar surface area (TPSA) is 92.5 Å². The molecule has 7 nitrogen and oxygen atoms in total. The van der Waals surface area contributed by atoms with E-state index in [0.717, 1.165) is 16.7 Å². The first kappa shape index (κ1) is 23.2. The van der Waals surface area contributed by atoms with E-state index < -0.39 is 10.0 Å². The minimum absolute atomic E-state index is 0.0154. The van der Waals surface area contributed by atoms with E-state index >= 15 is 0 Å². The number of aryl methyl sites for hydroxylation is 3. The van der Waals surface area contributed by atoms with E-state index in [0.29, 0.717) is 25.1 Å². The largest absolute Gasteiger partial charge is 0.355 e. The van der Waals surface area contributed by atoms with Gasteiger partial charge in [-0.3, -0.25) is 4.79 Å². The molecule has 3 rings (SSSR count). The van der Waals surface area contributed by atoms with Gasteiger partial charge in [0.2, 0.25) is 15.9 Å². The van der Waals surface area contributed by atoms with Gasteiger partial charge in [0, 0.05) is 19.1 Å². The lowest BCUT2D eigenvalue weighted by Crippen LogP contribution is -2.46. The van der Waals surface area contributed by atoms with Gasteiger partial charge in [-0.15, -0.1) is 0 Å². The van der Waals surface area contributed by atoms with Gasteiger partial charge in [0.1, 0.15) is 5.69 Å². The van der Waals surface area contributed by atoms with Crippen LogP contribution in [0.5, 0.6) is 0 Å². The molecule has 0 bridgehead atoms. The van der Waals surface area contributed by atoms with Crippen molar-refractivity contribution in [1.82, 2.24) is 14.8 Å². The molecule has 1 aliphatic heterocycles. The maximum atomic E-state index is 13.5. The quantitative estimate of drug-likeness (QED) is 0.732. The fourth-order valence-corrected chi connectivity index (χ4v) is 5.58. The van der Waals surface area contributed by atoms with E-state index in [9.17, 15) is 13.2 Å². The van der Waals surface area contributed by atoms with Crippen LogP contribution in [0.1, 0.15) is 54.8 Å². The van der Waals surface area contributed by atoms with Crippen LogP contribution in [0.25, 0.3) is 12.2 Å². The summed E-state index contributed by atoms with van der Waals surface area (Å²) < 4.78 is 33.7. The lowest BCUT2D eigenvalue weighted by Gasteiger charge is -2.31. The third-order valence-electron chi connectivity index (χ3n) is 5.47. The van der Waals surface area contributed by atoms with Crippen molar-refractivity contribution in [1.29, 1.82) is 0 Å². The molecule has 1 fully saturated rings. The summed E-state index contributed by atoms with van der Waals surface area (Å²) in [6.45, 7) is 9.95. The Morgan fingerprint density at radius 1 is 1.26 bits per heavy atom. The molecule has 1 atom stereocenters. The third-order valence-corrected chi connectivity index (χ3v) is 7.49. The number of nitrogens with zero attached hydrogens (tertiary/aromatic N) is 2. The van der Waals surface area contributed by atoms with Crippen LogP contribution in [0.2, 0.25) is 0 Å². The zero-order valence-corrected chi connectivity index (χ0v) is 19.6. The highest BCUT2D eigenvalue weighted by Crippen LogP contribution is 2.29. The van der Waals surface area contributed by atoms with Crippen LogP contribution < -0.4 is 5.32 Å². The van der Waals surface area contributed by atoms with Crippen molar-refractivity contribution in [2.75, 3.05) is 13.1 Å². The lowest BCUT2D eigenvalue weighted by molar-refractivity contribution is -0.126. The average Bonchev–Trinajstić information content (AvgIpc) is 3.09. The maximum absolute atomic E-state index is 13.5. The van der Waals surface area contributed by atoms with E-state index in [1.165, 1.54) is 4.31 Å². The Bertz CT molecular complexity index is 1090. The minimum atomic E-state index is -3.85. The normalized spacial score (nSPS) is 18.1. The molecule has 1 N–H and O–H groups in total. The molecular formula is C23H31N3O4S. The second kappa shape index (κ2) is 9.36. The molecule has 2 aromatic rings. The smallest absolute Gasteiger partial charge is 0.248 e. The van der Waals surface area contributed by atoms with Crippen LogP contribution in [0.4, 0.5) is 0 Å². The van der Waals surface area contributed by atoms with Crippen LogP contribution in [0, 0.1) is 26.7 Å². The van der Waals surface area contributed by atoms with Crippen molar-refractivity contribution in [3.63, 3.8) is 0 Å². The Morgan fingerprint density at radius 2 is 2.00 bits per heavy atom. The fraction of sp³-hybridized carbons (Fsp3) is 0.478. The van der Waals surface area contributed by atoms with E-state index in [4.69, 9.17) is 4.52 Å². The van der Waals surface area contributed by atoms with Crippen LogP contribution >= 0.6 is 0 Å². The highest BCUT2D eigenvalue weighted by Gasteiger charge is 2.37. The number of aromatic nitrogens is 1. The average molecular weight is 446 g/mol. The van der Waals surface area contributed by atoms with E-state index in [-0.39, 0.29) is 35.1 Å². The molecule has 1 aliphatic rings. The van der Waals surface area contributed by atoms with E-state index in [2.05, 4.69) is 10.5 Å². The number of piperidine rings is 1. The number of rotatable bonds is 6. The predicted octanol–water partition coefficient (Wildman–Crippen LogP) is 3.70. The summed E-state index contributed by atoms with van der Waals surface area (Å²) >= 11 is 0. The number of amides is 1. The number of sulfonamides is 1. The van der Waals surface area contributed by atoms with Gasteiger partial charge in [0.05, 0.1) is 5.92 Å². The number of carbonyl (C=O) groups is 1. The first-order valence-corrected chi connectivity index (χ1v) is 12.1. The molecule has 1 aromatic heterocycles. The molecule has 8 heteroatoms. The van der Waals surface area contributed by atoms with Crippen molar-refractivity contribution in [2.24, 2.45) is 5.92 Å². The van der Waals surface area contributed by atoms with Gasteiger partial charge in [-0.25, -0.2) is 8.42 Å². The molecular weight excluding hydrogens is 414 g/mol. The van der Waals surface area contributed by atoms with Gasteiger partial charge in [-0.2, -0.15) is 4.31 Å². The Hall–Kier alpha value is -2.45. The molecule has 0 saturated carbocycles. The number of hydrogen-bond donors (Lipinski definition) is 1. The van der Waals surface area contributed by atoms with E-state index in [1.807, 2.05) is 52.0 Å². The van der Waals surface area contributed by atoms with Crippen LogP contribution in [0.3, 0.4) is 0 Å². The standard InChI is InChI=1S/C23H31N3O4S/c1-15(2)24-23(27)20-7-6-12-26(14-20)31(28,29)22-18(5)25-30-21(22)11-10-19-13-16(3)8-9-17(19)4/h8-11,13,15,20H,6-7,12,14H2,1-5H3,(H,24,27)/b11-10+/t20-/m0/s1. The Kier molecular flexibility index (Phi) is 7.01. The van der Waals surface area contributed by atoms with Crippen molar-refractivity contribution >= 4 is 28.1 Å². The summed E-state index contributed by atoms with van der Waals surface area (Å²) in [5, 5.41) is 6.80. The second-order valence-corrected chi connectivity index (χ2v) is 10.4. The zero-order chi connectivity index (χ0) is 22.8. The van der Waals surface area contributed by atoms with Gasteiger partial charge < -0.3 is 9.84 Å². The highest BCUT2D eigenvalue weighted by molar-refractivity contribution is 7.89. The molecule has 0 aliphatic carbocycles. The first-order valence-electron chi connectivity index (χ1n) is 10.6. The van der Waals surface area contributed by atoms with Crippen molar-refractivity contribution in [3.05, 3.63) is 46.3 Å². The monoisotopic (exact) mass is 445 g/mol. The fourth-order valence-electron chi connectivity index (χ4n) is 3.81. The summed E-state index contributed by atoms with van der Waals surface area (Å²) in [6.07, 6.45) is 4.80. The molecule has 2 heterocycles. The summed E-state index contributed by atoms with van der Waals surface area (Å²) in [4.78, 5) is 12.5.